The number of fused-ring (bicyclic) bond motifs is 1. The summed E-state index contributed by atoms with van der Waals surface area (Å²) in [6.45, 7) is 2.78. The van der Waals surface area contributed by atoms with E-state index in [0.29, 0.717) is 5.92 Å². The number of ether oxygens (including phenoxy) is 1. The van der Waals surface area contributed by atoms with Gasteiger partial charge >= 0.3 is 0 Å². The fourth-order valence-corrected chi connectivity index (χ4v) is 3.12. The maximum Gasteiger partial charge on any atom is 0.178 e. The van der Waals surface area contributed by atoms with Crippen LogP contribution in [-0.2, 0) is 11.3 Å². The average molecular weight is 327 g/mol. The van der Waals surface area contributed by atoms with Gasteiger partial charge in [-0.1, -0.05) is 15.9 Å². The Morgan fingerprint density at radius 3 is 3.17 bits per heavy atom. The molecule has 1 fully saturated rings. The van der Waals surface area contributed by atoms with Crippen LogP contribution in [0.25, 0.3) is 11.0 Å². The Bertz CT molecular complexity index is 613. The normalized spacial score (nSPS) is 19.7. The fourth-order valence-electron chi connectivity index (χ4n) is 2.47. The van der Waals surface area contributed by atoms with Crippen molar-refractivity contribution < 1.29 is 4.74 Å². The highest BCUT2D eigenvalue weighted by Gasteiger charge is 2.16. The van der Waals surface area contributed by atoms with Crippen molar-refractivity contribution in [2.75, 3.05) is 13.2 Å². The molecule has 0 saturated carbocycles. The summed E-state index contributed by atoms with van der Waals surface area (Å²) < 4.78 is 9.49. The minimum absolute atomic E-state index is 0.684. The van der Waals surface area contributed by atoms with Gasteiger partial charge in [-0.25, -0.2) is 0 Å². The van der Waals surface area contributed by atoms with Crippen LogP contribution in [0.4, 0.5) is 0 Å². The molecule has 0 amide bonds. The molecule has 1 aliphatic rings. The van der Waals surface area contributed by atoms with E-state index in [1.54, 1.807) is 0 Å². The molecule has 0 aliphatic carbocycles. The summed E-state index contributed by atoms with van der Waals surface area (Å²) in [6.07, 6.45) is 2.31. The van der Waals surface area contributed by atoms with Crippen LogP contribution in [0.3, 0.4) is 0 Å². The highest BCUT2D eigenvalue weighted by molar-refractivity contribution is 9.10. The van der Waals surface area contributed by atoms with Gasteiger partial charge in [-0.15, -0.1) is 0 Å². The highest BCUT2D eigenvalue weighted by Crippen LogP contribution is 2.22. The number of imidazole rings is 1. The standard InChI is InChI=1S/C13H15BrN2OS/c14-10-1-2-11-12(7-10)16(13(18)15-11)5-3-9-4-6-17-8-9/h1-2,7,9H,3-6,8H2,(H,15,18). The minimum atomic E-state index is 0.684. The van der Waals surface area contributed by atoms with E-state index < -0.39 is 0 Å². The first kappa shape index (κ1) is 12.4. The zero-order valence-corrected chi connectivity index (χ0v) is 12.4. The lowest BCUT2D eigenvalue weighted by molar-refractivity contribution is 0.183. The summed E-state index contributed by atoms with van der Waals surface area (Å²) in [5.74, 6) is 0.684. The number of nitrogens with one attached hydrogen (secondary N) is 1. The largest absolute Gasteiger partial charge is 0.381 e. The third-order valence-electron chi connectivity index (χ3n) is 3.52. The molecule has 2 aromatic rings. The van der Waals surface area contributed by atoms with E-state index in [0.717, 1.165) is 40.9 Å². The lowest BCUT2D eigenvalue weighted by Gasteiger charge is -2.09. The molecule has 96 valence electrons. The molecule has 1 N–H and O–H groups in total. The van der Waals surface area contributed by atoms with Crippen LogP contribution >= 0.6 is 28.1 Å². The van der Waals surface area contributed by atoms with Gasteiger partial charge in [0.2, 0.25) is 0 Å². The van der Waals surface area contributed by atoms with Gasteiger partial charge in [-0.05, 0) is 49.2 Å². The molecule has 1 aromatic carbocycles. The monoisotopic (exact) mass is 326 g/mol. The van der Waals surface area contributed by atoms with Crippen LogP contribution in [0.1, 0.15) is 12.8 Å². The van der Waals surface area contributed by atoms with Crippen molar-refractivity contribution in [3.05, 3.63) is 27.4 Å². The van der Waals surface area contributed by atoms with E-state index in [1.165, 1.54) is 11.9 Å². The molecular weight excluding hydrogens is 312 g/mol. The quantitative estimate of drug-likeness (QED) is 0.867. The molecule has 1 aromatic heterocycles. The van der Waals surface area contributed by atoms with E-state index in [9.17, 15) is 0 Å². The summed E-state index contributed by atoms with van der Waals surface area (Å²) in [4.78, 5) is 3.26. The number of benzene rings is 1. The van der Waals surface area contributed by atoms with Gasteiger partial charge in [0.25, 0.3) is 0 Å². The molecule has 1 atom stereocenters. The van der Waals surface area contributed by atoms with Gasteiger partial charge in [0.1, 0.15) is 0 Å². The Morgan fingerprint density at radius 1 is 1.50 bits per heavy atom. The van der Waals surface area contributed by atoms with Crippen LogP contribution in [0.15, 0.2) is 22.7 Å². The van der Waals surface area contributed by atoms with E-state index in [-0.39, 0.29) is 0 Å². The first-order valence-corrected chi connectivity index (χ1v) is 7.40. The first-order chi connectivity index (χ1) is 8.74. The lowest BCUT2D eigenvalue weighted by atomic mass is 10.1. The fraction of sp³-hybridized carbons (Fsp3) is 0.462. The second-order valence-electron chi connectivity index (χ2n) is 4.76. The van der Waals surface area contributed by atoms with Crippen molar-refractivity contribution in [3.63, 3.8) is 0 Å². The molecule has 3 nitrogen and oxygen atoms in total. The zero-order valence-electron chi connectivity index (χ0n) is 9.99. The van der Waals surface area contributed by atoms with Crippen LogP contribution in [-0.4, -0.2) is 22.8 Å². The number of nitrogens with zero attached hydrogens (tertiary/aromatic N) is 1. The summed E-state index contributed by atoms with van der Waals surface area (Å²) in [5, 5.41) is 0. The molecule has 2 heterocycles. The van der Waals surface area contributed by atoms with Crippen LogP contribution in [0.5, 0.6) is 0 Å². The Balaban J connectivity index is 1.87. The third kappa shape index (κ3) is 2.39. The summed E-state index contributed by atoms with van der Waals surface area (Å²) >= 11 is 8.91. The number of hydrogen-bond acceptors (Lipinski definition) is 2. The van der Waals surface area contributed by atoms with Crippen molar-refractivity contribution >= 4 is 39.2 Å². The van der Waals surface area contributed by atoms with Crippen molar-refractivity contribution in [3.8, 4) is 0 Å². The van der Waals surface area contributed by atoms with E-state index in [2.05, 4.69) is 37.6 Å². The number of H-pyrrole nitrogens is 1. The molecule has 18 heavy (non-hydrogen) atoms. The SMILES string of the molecule is S=c1[nH]c2ccc(Br)cc2n1CCC1CCOC1. The van der Waals surface area contributed by atoms with E-state index >= 15 is 0 Å². The predicted molar refractivity (Wildman–Crippen MR) is 78.4 cm³/mol. The van der Waals surface area contributed by atoms with E-state index in [4.69, 9.17) is 17.0 Å². The van der Waals surface area contributed by atoms with Crippen molar-refractivity contribution in [1.29, 1.82) is 0 Å². The molecule has 1 aliphatic heterocycles. The molecule has 0 radical (unpaired) electrons. The summed E-state index contributed by atoms with van der Waals surface area (Å²) in [5.41, 5.74) is 2.28. The average Bonchev–Trinajstić information content (AvgIpc) is 2.94. The second-order valence-corrected chi connectivity index (χ2v) is 6.06. The zero-order chi connectivity index (χ0) is 12.5. The van der Waals surface area contributed by atoms with Gasteiger partial charge in [-0.2, -0.15) is 0 Å². The molecule has 3 rings (SSSR count). The highest BCUT2D eigenvalue weighted by atomic mass is 79.9. The Hall–Kier alpha value is -0.650. The number of aryl methyl sites for hydroxylation is 1. The van der Waals surface area contributed by atoms with Crippen LogP contribution in [0.2, 0.25) is 0 Å². The Morgan fingerprint density at radius 2 is 2.39 bits per heavy atom. The Kier molecular flexibility index (Phi) is 3.54. The predicted octanol–water partition coefficient (Wildman–Crippen LogP) is 3.89. The van der Waals surface area contributed by atoms with E-state index in [1.807, 2.05) is 6.07 Å². The topological polar surface area (TPSA) is 29.9 Å². The number of halogens is 1. The lowest BCUT2D eigenvalue weighted by Crippen LogP contribution is -2.06. The van der Waals surface area contributed by atoms with Gasteiger partial charge in [0.15, 0.2) is 4.77 Å². The molecule has 0 spiro atoms. The third-order valence-corrected chi connectivity index (χ3v) is 4.34. The van der Waals surface area contributed by atoms with Gasteiger partial charge in [0, 0.05) is 24.2 Å². The minimum Gasteiger partial charge on any atom is -0.381 e. The van der Waals surface area contributed by atoms with Crippen LogP contribution in [0, 0.1) is 10.7 Å². The van der Waals surface area contributed by atoms with Gasteiger partial charge in [0.05, 0.1) is 11.0 Å². The van der Waals surface area contributed by atoms with Gasteiger partial charge < -0.3 is 14.3 Å². The van der Waals surface area contributed by atoms with Crippen molar-refractivity contribution in [1.82, 2.24) is 9.55 Å². The number of aromatic nitrogens is 2. The summed E-state index contributed by atoms with van der Waals surface area (Å²) in [7, 11) is 0. The molecule has 1 saturated heterocycles. The van der Waals surface area contributed by atoms with Crippen molar-refractivity contribution in [2.45, 2.75) is 19.4 Å². The maximum absolute atomic E-state index is 5.41. The Labute approximate surface area is 119 Å². The number of aromatic amines is 1. The van der Waals surface area contributed by atoms with Crippen LogP contribution < -0.4 is 0 Å². The van der Waals surface area contributed by atoms with Crippen molar-refractivity contribution in [2.24, 2.45) is 5.92 Å². The number of hydrogen-bond donors (Lipinski definition) is 1. The van der Waals surface area contributed by atoms with Gasteiger partial charge in [-0.3, -0.25) is 0 Å². The number of rotatable bonds is 3. The molecular formula is C13H15BrN2OS. The summed E-state index contributed by atoms with van der Waals surface area (Å²) in [6, 6.07) is 6.21. The maximum atomic E-state index is 5.41. The second kappa shape index (κ2) is 5.15. The molecule has 1 unspecified atom stereocenters. The first-order valence-electron chi connectivity index (χ1n) is 6.20. The molecule has 0 bridgehead atoms. The smallest absolute Gasteiger partial charge is 0.178 e. The molecule has 5 heteroatoms.